The van der Waals surface area contributed by atoms with E-state index < -0.39 is 0 Å². The molecule has 2 aliphatic rings. The quantitative estimate of drug-likeness (QED) is 0.574. The summed E-state index contributed by atoms with van der Waals surface area (Å²) in [4.78, 5) is 18.6. The predicted octanol–water partition coefficient (Wildman–Crippen LogP) is 4.46. The van der Waals surface area contributed by atoms with Gasteiger partial charge in [-0.3, -0.25) is 9.69 Å². The van der Waals surface area contributed by atoms with Gasteiger partial charge in [-0.2, -0.15) is 0 Å². The molecule has 2 aliphatic heterocycles. The molecule has 2 heterocycles. The Morgan fingerprint density at radius 1 is 1.00 bits per heavy atom. The van der Waals surface area contributed by atoms with Gasteiger partial charge in [-0.25, -0.2) is 0 Å². The topological polar surface area (TPSA) is 23.6 Å². The van der Waals surface area contributed by atoms with Gasteiger partial charge in [0, 0.05) is 11.9 Å². The summed E-state index contributed by atoms with van der Waals surface area (Å²) in [5.74, 6) is -0.00370. The lowest BCUT2D eigenvalue weighted by molar-refractivity contribution is -0.122. The molecular formula is C18H14N2OS3. The SMILES string of the molecule is CN1/C(=C2\SC(=S)N(Cc3ccccc3)C2=O)Sc2ccccc21. The number of fused-ring (bicyclic) bond motifs is 1. The van der Waals surface area contributed by atoms with Crippen molar-refractivity contribution >= 4 is 51.7 Å². The first-order chi connectivity index (χ1) is 11.6. The summed E-state index contributed by atoms with van der Waals surface area (Å²) >= 11 is 8.49. The number of hydrogen-bond donors (Lipinski definition) is 0. The summed E-state index contributed by atoms with van der Waals surface area (Å²) < 4.78 is 0.622. The van der Waals surface area contributed by atoms with E-state index >= 15 is 0 Å². The van der Waals surface area contributed by atoms with Crippen LogP contribution in [0.1, 0.15) is 5.56 Å². The van der Waals surface area contributed by atoms with E-state index in [9.17, 15) is 4.79 Å². The zero-order valence-electron chi connectivity index (χ0n) is 12.9. The number of nitrogens with zero attached hydrogens (tertiary/aromatic N) is 2. The van der Waals surface area contributed by atoms with Crippen LogP contribution in [0.25, 0.3) is 0 Å². The molecule has 24 heavy (non-hydrogen) atoms. The average molecular weight is 371 g/mol. The van der Waals surface area contributed by atoms with E-state index in [4.69, 9.17) is 12.2 Å². The average Bonchev–Trinajstić information content (AvgIpc) is 3.08. The molecule has 1 fully saturated rings. The lowest BCUT2D eigenvalue weighted by atomic mass is 10.2. The van der Waals surface area contributed by atoms with Gasteiger partial charge in [0.25, 0.3) is 5.91 Å². The van der Waals surface area contributed by atoms with Crippen LogP contribution in [0.5, 0.6) is 0 Å². The lowest BCUT2D eigenvalue weighted by Gasteiger charge is -2.16. The van der Waals surface area contributed by atoms with Crippen LogP contribution in [-0.2, 0) is 11.3 Å². The van der Waals surface area contributed by atoms with Crippen molar-refractivity contribution in [2.45, 2.75) is 11.4 Å². The van der Waals surface area contributed by atoms with Gasteiger partial charge in [0.05, 0.1) is 17.3 Å². The van der Waals surface area contributed by atoms with Crippen LogP contribution in [0.4, 0.5) is 5.69 Å². The maximum atomic E-state index is 12.9. The molecule has 0 aliphatic carbocycles. The molecular weight excluding hydrogens is 356 g/mol. The van der Waals surface area contributed by atoms with Crippen LogP contribution in [0, 0.1) is 0 Å². The zero-order valence-corrected chi connectivity index (χ0v) is 15.4. The van der Waals surface area contributed by atoms with E-state index in [0.29, 0.717) is 10.9 Å². The Bertz CT molecular complexity index is 864. The predicted molar refractivity (Wildman–Crippen MR) is 105 cm³/mol. The minimum Gasteiger partial charge on any atom is -0.337 e. The number of rotatable bonds is 2. The number of anilines is 1. The van der Waals surface area contributed by atoms with Gasteiger partial charge in [0.1, 0.15) is 9.23 Å². The fourth-order valence-electron chi connectivity index (χ4n) is 2.73. The highest BCUT2D eigenvalue weighted by atomic mass is 32.2. The van der Waals surface area contributed by atoms with Gasteiger partial charge in [-0.1, -0.05) is 78.2 Å². The fraction of sp³-hybridized carbons (Fsp3) is 0.111. The molecule has 0 radical (unpaired) electrons. The third-order valence-electron chi connectivity index (χ3n) is 3.96. The number of hydrogen-bond acceptors (Lipinski definition) is 5. The van der Waals surface area contributed by atoms with E-state index in [0.717, 1.165) is 21.2 Å². The minimum absolute atomic E-state index is 0.00370. The molecule has 1 amide bonds. The number of carbonyl (C=O) groups is 1. The molecule has 2 aromatic rings. The molecule has 0 spiro atoms. The number of benzene rings is 2. The monoisotopic (exact) mass is 370 g/mol. The smallest absolute Gasteiger partial charge is 0.269 e. The largest absolute Gasteiger partial charge is 0.337 e. The summed E-state index contributed by atoms with van der Waals surface area (Å²) in [5.41, 5.74) is 2.21. The third kappa shape index (κ3) is 2.64. The summed E-state index contributed by atoms with van der Waals surface area (Å²) in [6.45, 7) is 0.517. The number of thiocarbonyl (C=S) groups is 1. The van der Waals surface area contributed by atoms with Crippen molar-refractivity contribution in [3.05, 3.63) is 70.1 Å². The van der Waals surface area contributed by atoms with E-state index in [1.807, 2.05) is 49.5 Å². The van der Waals surface area contributed by atoms with Crippen molar-refractivity contribution in [1.82, 2.24) is 4.90 Å². The Hall–Kier alpha value is -1.76. The van der Waals surface area contributed by atoms with Crippen LogP contribution >= 0.6 is 35.7 Å². The van der Waals surface area contributed by atoms with E-state index in [1.54, 1.807) is 16.7 Å². The molecule has 0 bridgehead atoms. The standard InChI is InChI=1S/C18H14N2OS3/c1-19-13-9-5-6-10-14(13)23-17(19)15-16(21)20(18(22)24-15)11-12-7-3-2-4-8-12/h2-10H,11H2,1H3/b17-15+. The molecule has 4 rings (SSSR count). The third-order valence-corrected chi connectivity index (χ3v) is 6.77. The first kappa shape index (κ1) is 15.7. The van der Waals surface area contributed by atoms with Crippen molar-refractivity contribution in [2.75, 3.05) is 11.9 Å². The van der Waals surface area contributed by atoms with Gasteiger partial charge >= 0.3 is 0 Å². The first-order valence-corrected chi connectivity index (χ1v) is 9.52. The summed E-state index contributed by atoms with van der Waals surface area (Å²) in [6.07, 6.45) is 0. The molecule has 2 aromatic carbocycles. The number of amides is 1. The highest BCUT2D eigenvalue weighted by Gasteiger charge is 2.38. The van der Waals surface area contributed by atoms with Crippen molar-refractivity contribution < 1.29 is 4.79 Å². The molecule has 0 unspecified atom stereocenters. The maximum Gasteiger partial charge on any atom is 0.269 e. The lowest BCUT2D eigenvalue weighted by Crippen LogP contribution is -2.28. The Morgan fingerprint density at radius 2 is 1.71 bits per heavy atom. The Balaban J connectivity index is 1.65. The molecule has 6 heteroatoms. The first-order valence-electron chi connectivity index (χ1n) is 7.47. The molecule has 0 atom stereocenters. The highest BCUT2D eigenvalue weighted by molar-refractivity contribution is 8.27. The van der Waals surface area contributed by atoms with Gasteiger partial charge in [0.2, 0.25) is 0 Å². The Labute approximate surface area is 154 Å². The van der Waals surface area contributed by atoms with E-state index in [1.165, 1.54) is 16.7 Å². The van der Waals surface area contributed by atoms with Crippen LogP contribution < -0.4 is 4.90 Å². The Morgan fingerprint density at radius 3 is 2.46 bits per heavy atom. The normalized spacial score (nSPS) is 20.0. The van der Waals surface area contributed by atoms with E-state index in [2.05, 4.69) is 17.0 Å². The molecule has 0 saturated carbocycles. The summed E-state index contributed by atoms with van der Waals surface area (Å²) in [5, 5.41) is 0.962. The van der Waals surface area contributed by atoms with Crippen molar-refractivity contribution in [1.29, 1.82) is 0 Å². The van der Waals surface area contributed by atoms with Crippen LogP contribution in [0.2, 0.25) is 0 Å². The van der Waals surface area contributed by atoms with Crippen LogP contribution in [0.15, 0.2) is 69.4 Å². The molecule has 3 nitrogen and oxygen atoms in total. The van der Waals surface area contributed by atoms with Gasteiger partial charge in [-0.05, 0) is 17.7 Å². The van der Waals surface area contributed by atoms with Crippen molar-refractivity contribution in [3.63, 3.8) is 0 Å². The minimum atomic E-state index is -0.00370. The Kier molecular flexibility index (Phi) is 4.12. The highest BCUT2D eigenvalue weighted by Crippen LogP contribution is 2.49. The van der Waals surface area contributed by atoms with Crippen molar-refractivity contribution in [3.8, 4) is 0 Å². The van der Waals surface area contributed by atoms with Crippen LogP contribution in [0.3, 0.4) is 0 Å². The number of para-hydroxylation sites is 1. The second-order valence-electron chi connectivity index (χ2n) is 5.51. The number of carbonyl (C=O) groups excluding carboxylic acids is 1. The molecule has 120 valence electrons. The van der Waals surface area contributed by atoms with Gasteiger partial charge < -0.3 is 4.90 Å². The van der Waals surface area contributed by atoms with Crippen molar-refractivity contribution in [2.24, 2.45) is 0 Å². The molecule has 1 saturated heterocycles. The second kappa shape index (κ2) is 6.27. The second-order valence-corrected chi connectivity index (χ2v) is 8.18. The zero-order chi connectivity index (χ0) is 16.7. The molecule has 0 aromatic heterocycles. The van der Waals surface area contributed by atoms with Gasteiger partial charge in [0.15, 0.2) is 0 Å². The van der Waals surface area contributed by atoms with Crippen LogP contribution in [-0.4, -0.2) is 22.2 Å². The number of thioether (sulfide) groups is 2. The summed E-state index contributed by atoms with van der Waals surface area (Å²) in [6, 6.07) is 18.1. The molecule has 0 N–H and O–H groups in total. The van der Waals surface area contributed by atoms with E-state index in [-0.39, 0.29) is 5.91 Å². The summed E-state index contributed by atoms with van der Waals surface area (Å²) in [7, 11) is 2.00. The maximum absolute atomic E-state index is 12.9. The fourth-order valence-corrected chi connectivity index (χ4v) is 5.31. The van der Waals surface area contributed by atoms with Gasteiger partial charge in [-0.15, -0.1) is 0 Å².